The number of rotatable bonds is 4. The summed E-state index contributed by atoms with van der Waals surface area (Å²) in [5.41, 5.74) is 4.60. The zero-order chi connectivity index (χ0) is 15.2. The number of nitrogens with zero attached hydrogens (tertiary/aromatic N) is 2. The highest BCUT2D eigenvalue weighted by Gasteiger charge is 2.08. The smallest absolute Gasteiger partial charge is 0.267 e. The van der Waals surface area contributed by atoms with Gasteiger partial charge in [0.15, 0.2) is 0 Å². The van der Waals surface area contributed by atoms with Crippen LogP contribution in [0.3, 0.4) is 0 Å². The summed E-state index contributed by atoms with van der Waals surface area (Å²) in [6, 6.07) is 13.0. The van der Waals surface area contributed by atoms with Gasteiger partial charge in [-0.25, -0.2) is 5.43 Å². The Morgan fingerprint density at radius 2 is 1.95 bits per heavy atom. The molecular weight excluding hydrogens is 270 g/mol. The first kappa shape index (κ1) is 14.4. The van der Waals surface area contributed by atoms with Crippen molar-refractivity contribution in [3.63, 3.8) is 0 Å². The molecule has 0 radical (unpaired) electrons. The lowest BCUT2D eigenvalue weighted by Crippen LogP contribution is -2.17. The van der Waals surface area contributed by atoms with Crippen LogP contribution in [0.5, 0.6) is 0 Å². The fraction of sp³-hybridized carbons (Fsp3) is 0.0667. The molecule has 21 heavy (non-hydrogen) atoms. The third-order valence-corrected chi connectivity index (χ3v) is 2.76. The zero-order valence-electron chi connectivity index (χ0n) is 11.3. The van der Waals surface area contributed by atoms with E-state index in [9.17, 15) is 14.9 Å². The monoisotopic (exact) mass is 283 g/mol. The summed E-state index contributed by atoms with van der Waals surface area (Å²) in [6.45, 7) is 1.97. The standard InChI is InChI=1S/C15H13N3O3/c1-11-3-2-4-12(9-11)10-16-17-15(19)13-5-7-14(8-6-13)18(20)21/h2-10H,1H3,(H,17,19). The first-order valence-electron chi connectivity index (χ1n) is 6.21. The zero-order valence-corrected chi connectivity index (χ0v) is 11.3. The van der Waals surface area contributed by atoms with Gasteiger partial charge in [-0.2, -0.15) is 5.10 Å². The molecule has 0 unspecified atom stereocenters. The van der Waals surface area contributed by atoms with Crippen molar-refractivity contribution in [1.29, 1.82) is 0 Å². The van der Waals surface area contributed by atoms with Gasteiger partial charge in [0.25, 0.3) is 11.6 Å². The predicted molar refractivity (Wildman–Crippen MR) is 79.3 cm³/mol. The highest BCUT2D eigenvalue weighted by atomic mass is 16.6. The minimum absolute atomic E-state index is 0.0604. The normalized spacial score (nSPS) is 10.5. The third kappa shape index (κ3) is 3.97. The number of nitro groups is 1. The maximum atomic E-state index is 11.8. The van der Waals surface area contributed by atoms with Crippen LogP contribution in [0.25, 0.3) is 0 Å². The summed E-state index contributed by atoms with van der Waals surface area (Å²) in [6.07, 6.45) is 1.54. The lowest BCUT2D eigenvalue weighted by atomic mass is 10.2. The van der Waals surface area contributed by atoms with Crippen LogP contribution in [0.2, 0.25) is 0 Å². The molecule has 2 aromatic carbocycles. The molecule has 0 aliphatic carbocycles. The fourth-order valence-electron chi connectivity index (χ4n) is 1.71. The molecule has 0 fully saturated rings. The Hall–Kier alpha value is -3.02. The lowest BCUT2D eigenvalue weighted by molar-refractivity contribution is -0.384. The second kappa shape index (κ2) is 6.42. The molecule has 1 amide bonds. The molecule has 0 saturated heterocycles. The van der Waals surface area contributed by atoms with E-state index in [1.807, 2.05) is 31.2 Å². The van der Waals surface area contributed by atoms with E-state index >= 15 is 0 Å². The van der Waals surface area contributed by atoms with Crippen molar-refractivity contribution in [1.82, 2.24) is 5.43 Å². The Bertz CT molecular complexity index is 694. The van der Waals surface area contributed by atoms with Gasteiger partial charge in [0.2, 0.25) is 0 Å². The number of non-ortho nitro benzene ring substituents is 1. The van der Waals surface area contributed by atoms with Crippen molar-refractivity contribution in [2.24, 2.45) is 5.10 Å². The molecule has 0 heterocycles. The number of nitro benzene ring substituents is 1. The lowest BCUT2D eigenvalue weighted by Gasteiger charge is -2.00. The molecule has 0 bridgehead atoms. The van der Waals surface area contributed by atoms with Crippen LogP contribution < -0.4 is 5.43 Å². The minimum Gasteiger partial charge on any atom is -0.267 e. The van der Waals surface area contributed by atoms with Gasteiger partial charge in [0, 0.05) is 17.7 Å². The number of hydrogen-bond acceptors (Lipinski definition) is 4. The van der Waals surface area contributed by atoms with E-state index in [0.717, 1.165) is 11.1 Å². The van der Waals surface area contributed by atoms with E-state index in [1.165, 1.54) is 30.5 Å². The van der Waals surface area contributed by atoms with Gasteiger partial charge in [-0.05, 0) is 24.6 Å². The van der Waals surface area contributed by atoms with Gasteiger partial charge in [-0.3, -0.25) is 14.9 Å². The quantitative estimate of drug-likeness (QED) is 0.532. The van der Waals surface area contributed by atoms with Crippen LogP contribution in [0.15, 0.2) is 53.6 Å². The molecule has 6 heteroatoms. The van der Waals surface area contributed by atoms with Crippen LogP contribution in [-0.4, -0.2) is 17.0 Å². The highest BCUT2D eigenvalue weighted by molar-refractivity contribution is 5.95. The van der Waals surface area contributed by atoms with E-state index in [-0.39, 0.29) is 5.69 Å². The molecule has 0 aromatic heterocycles. The number of benzene rings is 2. The molecule has 0 saturated carbocycles. The van der Waals surface area contributed by atoms with Gasteiger partial charge < -0.3 is 0 Å². The van der Waals surface area contributed by atoms with Gasteiger partial charge >= 0.3 is 0 Å². The number of hydrogen-bond donors (Lipinski definition) is 1. The van der Waals surface area contributed by atoms with Gasteiger partial charge in [-0.15, -0.1) is 0 Å². The molecular formula is C15H13N3O3. The molecule has 0 aliphatic rings. The summed E-state index contributed by atoms with van der Waals surface area (Å²) in [5, 5.41) is 14.4. The topological polar surface area (TPSA) is 84.6 Å². The van der Waals surface area contributed by atoms with Crippen molar-refractivity contribution < 1.29 is 9.72 Å². The van der Waals surface area contributed by atoms with E-state index in [4.69, 9.17) is 0 Å². The summed E-state index contributed by atoms with van der Waals surface area (Å²) >= 11 is 0. The van der Waals surface area contributed by atoms with Crippen LogP contribution in [0.1, 0.15) is 21.5 Å². The molecule has 0 aliphatic heterocycles. The molecule has 106 valence electrons. The maximum absolute atomic E-state index is 11.8. The van der Waals surface area contributed by atoms with Crippen molar-refractivity contribution in [2.45, 2.75) is 6.92 Å². The van der Waals surface area contributed by atoms with Crippen molar-refractivity contribution in [2.75, 3.05) is 0 Å². The Kier molecular flexibility index (Phi) is 4.40. The van der Waals surface area contributed by atoms with Crippen LogP contribution in [-0.2, 0) is 0 Å². The van der Waals surface area contributed by atoms with Crippen LogP contribution in [0.4, 0.5) is 5.69 Å². The van der Waals surface area contributed by atoms with E-state index in [0.29, 0.717) is 5.56 Å². The average Bonchev–Trinajstić information content (AvgIpc) is 2.47. The first-order valence-corrected chi connectivity index (χ1v) is 6.21. The SMILES string of the molecule is Cc1cccc(C=NNC(=O)c2ccc([N+](=O)[O-])cc2)c1. The van der Waals surface area contributed by atoms with Crippen molar-refractivity contribution >= 4 is 17.8 Å². The Balaban J connectivity index is 2.00. The van der Waals surface area contributed by atoms with Crippen molar-refractivity contribution in [3.8, 4) is 0 Å². The third-order valence-electron chi connectivity index (χ3n) is 2.76. The number of carbonyl (C=O) groups is 1. The number of nitrogens with one attached hydrogen (secondary N) is 1. The Morgan fingerprint density at radius 3 is 2.57 bits per heavy atom. The summed E-state index contributed by atoms with van der Waals surface area (Å²) in [4.78, 5) is 21.8. The average molecular weight is 283 g/mol. The van der Waals surface area contributed by atoms with Crippen LogP contribution in [0, 0.1) is 17.0 Å². The Labute approximate surface area is 121 Å². The fourth-order valence-corrected chi connectivity index (χ4v) is 1.71. The van der Waals surface area contributed by atoms with Crippen LogP contribution >= 0.6 is 0 Å². The number of amides is 1. The minimum atomic E-state index is -0.516. The molecule has 2 aromatic rings. The molecule has 6 nitrogen and oxygen atoms in total. The Morgan fingerprint density at radius 1 is 1.24 bits per heavy atom. The second-order valence-electron chi connectivity index (χ2n) is 4.42. The summed E-state index contributed by atoms with van der Waals surface area (Å²) in [7, 11) is 0. The maximum Gasteiger partial charge on any atom is 0.271 e. The molecule has 2 rings (SSSR count). The molecule has 0 atom stereocenters. The van der Waals surface area contributed by atoms with Gasteiger partial charge in [0.05, 0.1) is 11.1 Å². The van der Waals surface area contributed by atoms with Crippen molar-refractivity contribution in [3.05, 3.63) is 75.3 Å². The molecule has 0 spiro atoms. The largest absolute Gasteiger partial charge is 0.271 e. The molecule has 1 N–H and O–H groups in total. The van der Waals surface area contributed by atoms with E-state index in [2.05, 4.69) is 10.5 Å². The summed E-state index contributed by atoms with van der Waals surface area (Å²) < 4.78 is 0. The summed E-state index contributed by atoms with van der Waals surface area (Å²) in [5.74, 6) is -0.422. The van der Waals surface area contributed by atoms with E-state index in [1.54, 1.807) is 0 Å². The second-order valence-corrected chi connectivity index (χ2v) is 4.42. The number of aryl methyl sites for hydroxylation is 1. The van der Waals surface area contributed by atoms with E-state index < -0.39 is 10.8 Å². The highest BCUT2D eigenvalue weighted by Crippen LogP contribution is 2.11. The predicted octanol–water partition coefficient (Wildman–Crippen LogP) is 2.67. The van der Waals surface area contributed by atoms with Gasteiger partial charge in [0.1, 0.15) is 0 Å². The number of hydrazone groups is 1. The number of carbonyl (C=O) groups excluding carboxylic acids is 1. The van der Waals surface area contributed by atoms with Gasteiger partial charge in [-0.1, -0.05) is 29.8 Å². The first-order chi connectivity index (χ1) is 10.1.